The van der Waals surface area contributed by atoms with E-state index in [9.17, 15) is 14.0 Å². The number of nitrogens with one attached hydrogen (secondary N) is 2. The summed E-state index contributed by atoms with van der Waals surface area (Å²) in [6.45, 7) is 2.20. The standard InChI is InChI=1S/C23H25FN2O6/c1-14-20(22(27)31-11-10-29-2)21(26-23(28)25-14)16-6-9-18(19(12-16)30-3)32-13-15-4-7-17(24)8-5-15/h4-9,12,21H,10-11,13H2,1-3H3,(H2,25,26,28). The molecule has 0 saturated heterocycles. The molecule has 2 N–H and O–H groups in total. The molecule has 0 aromatic heterocycles. The summed E-state index contributed by atoms with van der Waals surface area (Å²) < 4.78 is 34.5. The van der Waals surface area contributed by atoms with E-state index >= 15 is 0 Å². The van der Waals surface area contributed by atoms with Crippen LogP contribution in [-0.2, 0) is 20.9 Å². The average molecular weight is 444 g/mol. The van der Waals surface area contributed by atoms with Crippen molar-refractivity contribution in [3.05, 3.63) is 70.7 Å². The Morgan fingerprint density at radius 3 is 2.50 bits per heavy atom. The van der Waals surface area contributed by atoms with Crippen LogP contribution in [0.25, 0.3) is 0 Å². The van der Waals surface area contributed by atoms with Gasteiger partial charge in [0, 0.05) is 12.8 Å². The molecule has 0 radical (unpaired) electrons. The van der Waals surface area contributed by atoms with Crippen LogP contribution in [0.2, 0.25) is 0 Å². The topological polar surface area (TPSA) is 95.1 Å². The van der Waals surface area contributed by atoms with Crippen LogP contribution in [0.3, 0.4) is 0 Å². The fourth-order valence-corrected chi connectivity index (χ4v) is 3.23. The van der Waals surface area contributed by atoms with Gasteiger partial charge in [-0.3, -0.25) is 0 Å². The molecule has 8 nitrogen and oxygen atoms in total. The zero-order valence-corrected chi connectivity index (χ0v) is 18.1. The Bertz CT molecular complexity index is 1010. The number of carbonyl (C=O) groups is 2. The van der Waals surface area contributed by atoms with E-state index in [2.05, 4.69) is 10.6 Å². The van der Waals surface area contributed by atoms with Gasteiger partial charge < -0.3 is 29.6 Å². The Balaban J connectivity index is 1.83. The van der Waals surface area contributed by atoms with Gasteiger partial charge in [-0.25, -0.2) is 14.0 Å². The summed E-state index contributed by atoms with van der Waals surface area (Å²) in [5.41, 5.74) is 2.09. The monoisotopic (exact) mass is 444 g/mol. The Kier molecular flexibility index (Phi) is 7.67. The number of methoxy groups -OCH3 is 2. The molecule has 0 aliphatic carbocycles. The highest BCUT2D eigenvalue weighted by atomic mass is 19.1. The molecule has 1 heterocycles. The number of halogens is 1. The van der Waals surface area contributed by atoms with Crippen LogP contribution >= 0.6 is 0 Å². The molecular formula is C23H25FN2O6. The van der Waals surface area contributed by atoms with Crippen molar-refractivity contribution in [3.8, 4) is 11.5 Å². The van der Waals surface area contributed by atoms with E-state index in [4.69, 9.17) is 18.9 Å². The zero-order chi connectivity index (χ0) is 23.1. The van der Waals surface area contributed by atoms with Gasteiger partial charge in [-0.2, -0.15) is 0 Å². The predicted octanol–water partition coefficient (Wildman–Crippen LogP) is 3.23. The smallest absolute Gasteiger partial charge is 0.338 e. The van der Waals surface area contributed by atoms with Crippen LogP contribution in [0.15, 0.2) is 53.7 Å². The maximum atomic E-state index is 13.1. The van der Waals surface area contributed by atoms with Crippen LogP contribution < -0.4 is 20.1 Å². The molecule has 0 fully saturated rings. The summed E-state index contributed by atoms with van der Waals surface area (Å²) in [6.07, 6.45) is 0. The van der Waals surface area contributed by atoms with Gasteiger partial charge in [0.05, 0.1) is 25.3 Å². The maximum Gasteiger partial charge on any atom is 0.338 e. The number of allylic oxidation sites excluding steroid dienone is 1. The molecular weight excluding hydrogens is 419 g/mol. The fraction of sp³-hybridized carbons (Fsp3) is 0.304. The number of urea groups is 1. The van der Waals surface area contributed by atoms with E-state index in [1.165, 1.54) is 26.4 Å². The van der Waals surface area contributed by atoms with Crippen molar-refractivity contribution >= 4 is 12.0 Å². The van der Waals surface area contributed by atoms with Gasteiger partial charge in [0.15, 0.2) is 11.5 Å². The van der Waals surface area contributed by atoms with E-state index in [0.29, 0.717) is 22.8 Å². The number of amides is 2. The lowest BCUT2D eigenvalue weighted by Crippen LogP contribution is -2.45. The molecule has 32 heavy (non-hydrogen) atoms. The lowest BCUT2D eigenvalue weighted by molar-refractivity contribution is -0.140. The molecule has 1 unspecified atom stereocenters. The van der Waals surface area contributed by atoms with Crippen molar-refractivity contribution in [2.24, 2.45) is 0 Å². The summed E-state index contributed by atoms with van der Waals surface area (Å²) in [7, 11) is 3.00. The van der Waals surface area contributed by atoms with E-state index in [1.807, 2.05) is 0 Å². The fourth-order valence-electron chi connectivity index (χ4n) is 3.23. The van der Waals surface area contributed by atoms with E-state index in [-0.39, 0.29) is 31.2 Å². The third kappa shape index (κ3) is 5.55. The molecule has 9 heteroatoms. The Morgan fingerprint density at radius 1 is 1.06 bits per heavy atom. The normalized spacial score (nSPS) is 15.6. The van der Waals surface area contributed by atoms with Crippen molar-refractivity contribution in [1.82, 2.24) is 10.6 Å². The van der Waals surface area contributed by atoms with Gasteiger partial charge >= 0.3 is 12.0 Å². The van der Waals surface area contributed by atoms with Gasteiger partial charge in [-0.1, -0.05) is 18.2 Å². The van der Waals surface area contributed by atoms with Gasteiger partial charge in [-0.05, 0) is 42.3 Å². The lowest BCUT2D eigenvalue weighted by atomic mass is 9.95. The first-order valence-corrected chi connectivity index (χ1v) is 9.92. The van der Waals surface area contributed by atoms with Gasteiger partial charge in [0.1, 0.15) is 19.0 Å². The first kappa shape index (κ1) is 23.1. The number of hydrogen-bond donors (Lipinski definition) is 2. The lowest BCUT2D eigenvalue weighted by Gasteiger charge is -2.28. The largest absolute Gasteiger partial charge is 0.493 e. The number of hydrogen-bond acceptors (Lipinski definition) is 6. The van der Waals surface area contributed by atoms with Gasteiger partial charge in [0.2, 0.25) is 0 Å². The highest BCUT2D eigenvalue weighted by Gasteiger charge is 2.32. The molecule has 170 valence electrons. The van der Waals surface area contributed by atoms with Crippen LogP contribution in [0.1, 0.15) is 24.1 Å². The van der Waals surface area contributed by atoms with Crippen LogP contribution in [0.4, 0.5) is 9.18 Å². The van der Waals surface area contributed by atoms with Crippen molar-refractivity contribution in [2.45, 2.75) is 19.6 Å². The second-order valence-electron chi connectivity index (χ2n) is 7.02. The minimum Gasteiger partial charge on any atom is -0.493 e. The summed E-state index contributed by atoms with van der Waals surface area (Å²) in [6, 6.07) is 9.93. The molecule has 0 spiro atoms. The Morgan fingerprint density at radius 2 is 1.81 bits per heavy atom. The number of benzene rings is 2. The summed E-state index contributed by atoms with van der Waals surface area (Å²) in [4.78, 5) is 24.7. The quantitative estimate of drug-likeness (QED) is 0.456. The first-order chi connectivity index (χ1) is 15.4. The molecule has 2 aromatic carbocycles. The van der Waals surface area contributed by atoms with E-state index in [0.717, 1.165) is 5.56 Å². The molecule has 3 rings (SSSR count). The molecule has 1 atom stereocenters. The number of ether oxygens (including phenoxy) is 4. The second-order valence-corrected chi connectivity index (χ2v) is 7.02. The minimum atomic E-state index is -0.737. The third-order valence-electron chi connectivity index (χ3n) is 4.84. The second kappa shape index (κ2) is 10.6. The summed E-state index contributed by atoms with van der Waals surface area (Å²) in [5, 5.41) is 5.34. The summed E-state index contributed by atoms with van der Waals surface area (Å²) in [5.74, 6) is 0.000148. The van der Waals surface area contributed by atoms with Crippen molar-refractivity contribution in [1.29, 1.82) is 0 Å². The SMILES string of the molecule is COCCOC(=O)C1=C(C)NC(=O)NC1c1ccc(OCc2ccc(F)cc2)c(OC)c1. The minimum absolute atomic E-state index is 0.0895. The zero-order valence-electron chi connectivity index (χ0n) is 18.1. The summed E-state index contributed by atoms with van der Waals surface area (Å²) >= 11 is 0. The van der Waals surface area contributed by atoms with Crippen LogP contribution in [0, 0.1) is 5.82 Å². The Labute approximate surface area is 185 Å². The van der Waals surface area contributed by atoms with Crippen molar-refractivity contribution < 1.29 is 32.9 Å². The molecule has 0 bridgehead atoms. The first-order valence-electron chi connectivity index (χ1n) is 9.92. The van der Waals surface area contributed by atoms with Crippen molar-refractivity contribution in [2.75, 3.05) is 27.4 Å². The van der Waals surface area contributed by atoms with Crippen molar-refractivity contribution in [3.63, 3.8) is 0 Å². The number of esters is 1. The predicted molar refractivity (Wildman–Crippen MR) is 114 cm³/mol. The van der Waals surface area contributed by atoms with E-state index < -0.39 is 18.0 Å². The molecule has 1 aliphatic heterocycles. The molecule has 1 aliphatic rings. The Hall–Kier alpha value is -3.59. The number of rotatable bonds is 9. The van der Waals surface area contributed by atoms with Gasteiger partial charge in [-0.15, -0.1) is 0 Å². The molecule has 2 aromatic rings. The van der Waals surface area contributed by atoms with Gasteiger partial charge in [0.25, 0.3) is 0 Å². The average Bonchev–Trinajstić information content (AvgIpc) is 2.78. The van der Waals surface area contributed by atoms with Crippen LogP contribution in [-0.4, -0.2) is 39.4 Å². The highest BCUT2D eigenvalue weighted by molar-refractivity contribution is 5.95. The molecule has 0 saturated carbocycles. The third-order valence-corrected chi connectivity index (χ3v) is 4.84. The number of carbonyl (C=O) groups excluding carboxylic acids is 2. The van der Waals surface area contributed by atoms with E-state index in [1.54, 1.807) is 37.3 Å². The molecule has 2 amide bonds. The highest BCUT2D eigenvalue weighted by Crippen LogP contribution is 2.35. The van der Waals surface area contributed by atoms with Crippen LogP contribution in [0.5, 0.6) is 11.5 Å². The maximum absolute atomic E-state index is 13.1.